The highest BCUT2D eigenvalue weighted by atomic mass is 16.3. The van der Waals surface area contributed by atoms with Crippen LogP contribution in [0.25, 0.3) is 0 Å². The molecule has 0 fully saturated rings. The fourth-order valence-corrected chi connectivity index (χ4v) is 2.30. The van der Waals surface area contributed by atoms with Gasteiger partial charge in [0.25, 0.3) is 0 Å². The largest absolute Gasteiger partial charge is 0.390 e. The number of carbonyl (C=O) groups excluding carboxylic acids is 1. The topological polar surface area (TPSA) is 61.4 Å². The molecule has 4 nitrogen and oxygen atoms in total. The van der Waals surface area contributed by atoms with Crippen LogP contribution in [0.1, 0.15) is 37.9 Å². The van der Waals surface area contributed by atoms with E-state index in [1.165, 1.54) is 0 Å². The lowest BCUT2D eigenvalue weighted by Gasteiger charge is -2.22. The van der Waals surface area contributed by atoms with Crippen LogP contribution in [0.4, 0.5) is 4.79 Å². The highest BCUT2D eigenvalue weighted by molar-refractivity contribution is 5.75. The number of amides is 2. The summed E-state index contributed by atoms with van der Waals surface area (Å²) in [7, 11) is 0. The number of urea groups is 1. The summed E-state index contributed by atoms with van der Waals surface area (Å²) in [6.45, 7) is 6.10. The minimum Gasteiger partial charge on any atom is -0.390 e. The molecule has 0 aliphatic heterocycles. The van der Waals surface area contributed by atoms with Crippen molar-refractivity contribution in [3.05, 3.63) is 35.4 Å². The lowest BCUT2D eigenvalue weighted by Crippen LogP contribution is -2.45. The van der Waals surface area contributed by atoms with Crippen molar-refractivity contribution >= 4 is 6.03 Å². The van der Waals surface area contributed by atoms with Crippen LogP contribution in [0.5, 0.6) is 0 Å². The smallest absolute Gasteiger partial charge is 0.315 e. The first kappa shape index (κ1) is 13.9. The number of carbonyl (C=O) groups is 1. The van der Waals surface area contributed by atoms with Crippen molar-refractivity contribution in [3.63, 3.8) is 0 Å². The molecule has 0 saturated heterocycles. The molecule has 0 radical (unpaired) electrons. The average Bonchev–Trinajstić information content (AvgIpc) is 2.66. The number of hydrogen-bond acceptors (Lipinski definition) is 2. The minimum atomic E-state index is -0.544. The van der Waals surface area contributed by atoms with Gasteiger partial charge in [-0.05, 0) is 24.0 Å². The molecule has 1 aliphatic carbocycles. The second kappa shape index (κ2) is 5.61. The van der Waals surface area contributed by atoms with E-state index in [0.29, 0.717) is 12.3 Å². The molecule has 0 aromatic heterocycles. The second-order valence-corrected chi connectivity index (χ2v) is 5.60. The summed E-state index contributed by atoms with van der Waals surface area (Å²) in [5.41, 5.74) is 2.12. The SMILES string of the molecule is CC(C)C(C)NC(=O)N[C@@H]1c2ccccc2C[C@@H]1O. The maximum Gasteiger partial charge on any atom is 0.315 e. The van der Waals surface area contributed by atoms with E-state index < -0.39 is 6.10 Å². The molecule has 4 heteroatoms. The van der Waals surface area contributed by atoms with Gasteiger partial charge in [-0.25, -0.2) is 4.79 Å². The van der Waals surface area contributed by atoms with Crippen LogP contribution in [0.2, 0.25) is 0 Å². The Labute approximate surface area is 114 Å². The van der Waals surface area contributed by atoms with Gasteiger partial charge in [-0.1, -0.05) is 38.1 Å². The van der Waals surface area contributed by atoms with Gasteiger partial charge in [-0.3, -0.25) is 0 Å². The molecular weight excluding hydrogens is 240 g/mol. The Kier molecular flexibility index (Phi) is 4.10. The monoisotopic (exact) mass is 262 g/mol. The number of aliphatic hydroxyl groups is 1. The maximum absolute atomic E-state index is 11.9. The Morgan fingerprint density at radius 1 is 1.32 bits per heavy atom. The summed E-state index contributed by atoms with van der Waals surface area (Å²) < 4.78 is 0. The Morgan fingerprint density at radius 3 is 2.68 bits per heavy atom. The number of rotatable bonds is 3. The van der Waals surface area contributed by atoms with Crippen molar-refractivity contribution in [2.45, 2.75) is 45.4 Å². The number of nitrogens with one attached hydrogen (secondary N) is 2. The normalized spacial score (nSPS) is 23.0. The quantitative estimate of drug-likeness (QED) is 0.780. The zero-order chi connectivity index (χ0) is 14.0. The number of fused-ring (bicyclic) bond motifs is 1. The van der Waals surface area contributed by atoms with E-state index in [1.807, 2.05) is 31.2 Å². The fourth-order valence-electron chi connectivity index (χ4n) is 2.30. The summed E-state index contributed by atoms with van der Waals surface area (Å²) >= 11 is 0. The summed E-state index contributed by atoms with van der Waals surface area (Å²) in [5.74, 6) is 0.381. The molecule has 2 rings (SSSR count). The molecular formula is C15H22N2O2. The molecule has 0 bridgehead atoms. The van der Waals surface area contributed by atoms with E-state index in [2.05, 4.69) is 24.5 Å². The molecule has 1 unspecified atom stereocenters. The Bertz CT molecular complexity index is 459. The van der Waals surface area contributed by atoms with Crippen LogP contribution in [0.15, 0.2) is 24.3 Å². The van der Waals surface area contributed by atoms with Gasteiger partial charge in [-0.2, -0.15) is 0 Å². The molecule has 3 atom stereocenters. The van der Waals surface area contributed by atoms with E-state index in [4.69, 9.17) is 0 Å². The van der Waals surface area contributed by atoms with Gasteiger partial charge in [-0.15, -0.1) is 0 Å². The van der Waals surface area contributed by atoms with E-state index in [0.717, 1.165) is 11.1 Å². The lowest BCUT2D eigenvalue weighted by molar-refractivity contribution is 0.141. The first-order valence-electron chi connectivity index (χ1n) is 6.82. The van der Waals surface area contributed by atoms with E-state index in [1.54, 1.807) is 0 Å². The third-order valence-electron chi connectivity index (χ3n) is 3.85. The fraction of sp³-hybridized carbons (Fsp3) is 0.533. The highest BCUT2D eigenvalue weighted by Crippen LogP contribution is 2.31. The first-order chi connectivity index (χ1) is 8.99. The summed E-state index contributed by atoms with van der Waals surface area (Å²) in [6, 6.07) is 7.41. The van der Waals surface area contributed by atoms with Crippen LogP contribution in [0, 0.1) is 5.92 Å². The van der Waals surface area contributed by atoms with Gasteiger partial charge < -0.3 is 15.7 Å². The third-order valence-corrected chi connectivity index (χ3v) is 3.85. The molecule has 1 aromatic carbocycles. The molecule has 104 valence electrons. The van der Waals surface area contributed by atoms with Gasteiger partial charge in [0.2, 0.25) is 0 Å². The van der Waals surface area contributed by atoms with E-state index in [-0.39, 0.29) is 18.1 Å². The predicted octanol–water partition coefficient (Wildman–Crippen LogP) is 1.99. The number of hydrogen-bond donors (Lipinski definition) is 3. The summed E-state index contributed by atoms with van der Waals surface area (Å²) in [6.07, 6.45) is 0.0541. The molecule has 3 N–H and O–H groups in total. The molecule has 2 amide bonds. The van der Waals surface area contributed by atoms with Crippen LogP contribution in [-0.2, 0) is 6.42 Å². The molecule has 19 heavy (non-hydrogen) atoms. The van der Waals surface area contributed by atoms with Crippen LogP contribution < -0.4 is 10.6 Å². The van der Waals surface area contributed by atoms with Crippen LogP contribution in [-0.4, -0.2) is 23.3 Å². The first-order valence-corrected chi connectivity index (χ1v) is 6.82. The zero-order valence-corrected chi connectivity index (χ0v) is 11.7. The molecule has 0 spiro atoms. The highest BCUT2D eigenvalue weighted by Gasteiger charge is 2.32. The van der Waals surface area contributed by atoms with E-state index in [9.17, 15) is 9.90 Å². The van der Waals surface area contributed by atoms with Crippen molar-refractivity contribution in [1.29, 1.82) is 0 Å². The van der Waals surface area contributed by atoms with Gasteiger partial charge in [0.05, 0.1) is 12.1 Å². The standard InChI is InChI=1S/C15H22N2O2/c1-9(2)10(3)16-15(19)17-14-12-7-5-4-6-11(12)8-13(14)18/h4-7,9-10,13-14,18H,8H2,1-3H3,(H2,16,17,19)/t10?,13-,14+/m0/s1. The van der Waals surface area contributed by atoms with Crippen molar-refractivity contribution in [3.8, 4) is 0 Å². The summed E-state index contributed by atoms with van der Waals surface area (Å²) in [4.78, 5) is 11.9. The van der Waals surface area contributed by atoms with Gasteiger partial charge in [0.15, 0.2) is 0 Å². The average molecular weight is 262 g/mol. The van der Waals surface area contributed by atoms with Gasteiger partial charge >= 0.3 is 6.03 Å². The number of benzene rings is 1. The van der Waals surface area contributed by atoms with Crippen LogP contribution in [0.3, 0.4) is 0 Å². The van der Waals surface area contributed by atoms with Crippen molar-refractivity contribution in [2.75, 3.05) is 0 Å². The Morgan fingerprint density at radius 2 is 2.00 bits per heavy atom. The number of aliphatic hydroxyl groups excluding tert-OH is 1. The predicted molar refractivity (Wildman–Crippen MR) is 74.9 cm³/mol. The van der Waals surface area contributed by atoms with Crippen molar-refractivity contribution < 1.29 is 9.90 Å². The third kappa shape index (κ3) is 3.07. The second-order valence-electron chi connectivity index (χ2n) is 5.60. The van der Waals surface area contributed by atoms with Crippen LogP contribution >= 0.6 is 0 Å². The van der Waals surface area contributed by atoms with Crippen molar-refractivity contribution in [2.24, 2.45) is 5.92 Å². The van der Waals surface area contributed by atoms with Gasteiger partial charge in [0.1, 0.15) is 0 Å². The zero-order valence-electron chi connectivity index (χ0n) is 11.7. The molecule has 0 heterocycles. The molecule has 0 saturated carbocycles. The lowest BCUT2D eigenvalue weighted by atomic mass is 10.1. The maximum atomic E-state index is 11.9. The van der Waals surface area contributed by atoms with Crippen molar-refractivity contribution in [1.82, 2.24) is 10.6 Å². The Balaban J connectivity index is 2.01. The summed E-state index contributed by atoms with van der Waals surface area (Å²) in [5, 5.41) is 15.8. The van der Waals surface area contributed by atoms with Gasteiger partial charge in [0, 0.05) is 12.5 Å². The Hall–Kier alpha value is -1.55. The molecule has 1 aromatic rings. The minimum absolute atomic E-state index is 0.105. The molecule has 1 aliphatic rings. The van der Waals surface area contributed by atoms with E-state index >= 15 is 0 Å².